The van der Waals surface area contributed by atoms with Gasteiger partial charge in [0.2, 0.25) is 10.0 Å². The number of aryl methyl sites for hydroxylation is 1. The molecule has 162 valence electrons. The molecule has 9 heteroatoms. The zero-order valence-corrected chi connectivity index (χ0v) is 18.5. The van der Waals surface area contributed by atoms with E-state index in [1.54, 1.807) is 49.4 Å². The lowest BCUT2D eigenvalue weighted by molar-refractivity contribution is -0.127. The number of hydrogen-bond donors (Lipinski definition) is 1. The van der Waals surface area contributed by atoms with Gasteiger partial charge in [-0.2, -0.15) is 4.31 Å². The number of sulfonamides is 1. The second kappa shape index (κ2) is 9.78. The first kappa shape index (κ1) is 22.6. The monoisotopic (exact) mass is 452 g/mol. The van der Waals surface area contributed by atoms with Crippen LogP contribution in [0.25, 0.3) is 0 Å². The van der Waals surface area contributed by atoms with Crippen LogP contribution in [0.15, 0.2) is 47.4 Å². The quantitative estimate of drug-likeness (QED) is 0.698. The number of carbonyl (C=O) groups is 1. The number of ether oxygens (including phenoxy) is 2. The largest absolute Gasteiger partial charge is 0.481 e. The number of benzene rings is 2. The third kappa shape index (κ3) is 5.31. The van der Waals surface area contributed by atoms with E-state index in [2.05, 4.69) is 5.32 Å². The van der Waals surface area contributed by atoms with Crippen molar-refractivity contribution in [3.05, 3.63) is 58.6 Å². The van der Waals surface area contributed by atoms with Crippen LogP contribution in [-0.2, 0) is 26.1 Å². The molecule has 0 aliphatic carbocycles. The van der Waals surface area contributed by atoms with Crippen molar-refractivity contribution in [2.45, 2.75) is 31.4 Å². The van der Waals surface area contributed by atoms with Crippen LogP contribution < -0.4 is 10.1 Å². The molecule has 1 aliphatic rings. The molecule has 0 radical (unpaired) electrons. The molecular formula is C21H25ClN2O5S. The summed E-state index contributed by atoms with van der Waals surface area (Å²) < 4.78 is 38.4. The highest BCUT2D eigenvalue weighted by Crippen LogP contribution is 2.23. The molecule has 2 aromatic carbocycles. The lowest BCUT2D eigenvalue weighted by Gasteiger charge is -2.27. The van der Waals surface area contributed by atoms with E-state index in [9.17, 15) is 13.2 Å². The van der Waals surface area contributed by atoms with Crippen molar-refractivity contribution in [2.24, 2.45) is 0 Å². The minimum Gasteiger partial charge on any atom is -0.481 e. The fourth-order valence-electron chi connectivity index (χ4n) is 3.14. The summed E-state index contributed by atoms with van der Waals surface area (Å²) in [4.78, 5) is 12.7. The Morgan fingerprint density at radius 1 is 1.23 bits per heavy atom. The third-order valence-corrected chi connectivity index (χ3v) is 7.06. The molecule has 1 saturated heterocycles. The van der Waals surface area contributed by atoms with E-state index in [0.717, 1.165) is 5.56 Å². The van der Waals surface area contributed by atoms with Gasteiger partial charge in [0.15, 0.2) is 6.10 Å². The summed E-state index contributed by atoms with van der Waals surface area (Å²) in [6, 6.07) is 11.8. The lowest BCUT2D eigenvalue weighted by atomic mass is 10.2. The maximum absolute atomic E-state index is 13.0. The van der Waals surface area contributed by atoms with Gasteiger partial charge in [-0.25, -0.2) is 8.42 Å². The number of morpholine rings is 1. The van der Waals surface area contributed by atoms with Gasteiger partial charge in [-0.3, -0.25) is 4.79 Å². The average Bonchev–Trinajstić information content (AvgIpc) is 2.74. The van der Waals surface area contributed by atoms with Crippen molar-refractivity contribution >= 4 is 27.5 Å². The first-order valence-electron chi connectivity index (χ1n) is 9.65. The number of amides is 1. The number of carbonyl (C=O) groups excluding carboxylic acids is 1. The summed E-state index contributed by atoms with van der Waals surface area (Å²) >= 11 is 5.95. The standard InChI is InChI=1S/C21H25ClN2O5S/c1-15-13-18(22)7-8-19(15)29-16(2)21(25)23-14-17-5-3-4-6-20(17)30(26,27)24-9-11-28-12-10-24/h3-8,13,16H,9-12,14H2,1-2H3,(H,23,25)/t16-/m0/s1. The van der Waals surface area contributed by atoms with E-state index in [0.29, 0.717) is 42.6 Å². The van der Waals surface area contributed by atoms with E-state index in [1.165, 1.54) is 4.31 Å². The van der Waals surface area contributed by atoms with E-state index in [-0.39, 0.29) is 17.3 Å². The van der Waals surface area contributed by atoms with Crippen LogP contribution in [0, 0.1) is 6.92 Å². The van der Waals surface area contributed by atoms with Gasteiger partial charge in [0.1, 0.15) is 5.75 Å². The molecule has 1 amide bonds. The van der Waals surface area contributed by atoms with Crippen LogP contribution in [0.4, 0.5) is 0 Å². The molecule has 0 saturated carbocycles. The van der Waals surface area contributed by atoms with Crippen LogP contribution in [0.5, 0.6) is 5.75 Å². The molecule has 3 rings (SSSR count). The molecule has 1 aliphatic heterocycles. The number of nitrogens with one attached hydrogen (secondary N) is 1. The predicted molar refractivity (Wildman–Crippen MR) is 114 cm³/mol. The summed E-state index contributed by atoms with van der Waals surface area (Å²) in [6.07, 6.45) is -0.757. The Balaban J connectivity index is 1.67. The minimum absolute atomic E-state index is 0.0753. The van der Waals surface area contributed by atoms with Crippen molar-refractivity contribution < 1.29 is 22.7 Å². The van der Waals surface area contributed by atoms with Gasteiger partial charge >= 0.3 is 0 Å². The van der Waals surface area contributed by atoms with E-state index >= 15 is 0 Å². The van der Waals surface area contributed by atoms with Gasteiger partial charge < -0.3 is 14.8 Å². The highest BCUT2D eigenvalue weighted by atomic mass is 35.5. The predicted octanol–water partition coefficient (Wildman–Crippen LogP) is 2.75. The van der Waals surface area contributed by atoms with Crippen molar-refractivity contribution in [3.8, 4) is 5.75 Å². The topological polar surface area (TPSA) is 84.9 Å². The first-order chi connectivity index (χ1) is 14.3. The van der Waals surface area contributed by atoms with Gasteiger partial charge in [0.05, 0.1) is 18.1 Å². The van der Waals surface area contributed by atoms with Gasteiger partial charge in [-0.1, -0.05) is 29.8 Å². The minimum atomic E-state index is -3.66. The fraction of sp³-hybridized carbons (Fsp3) is 0.381. The summed E-state index contributed by atoms with van der Waals surface area (Å²) in [5, 5.41) is 3.36. The molecule has 0 unspecified atom stereocenters. The van der Waals surface area contributed by atoms with Crippen LogP contribution in [0.1, 0.15) is 18.1 Å². The van der Waals surface area contributed by atoms with E-state index < -0.39 is 16.1 Å². The normalized spacial score (nSPS) is 16.1. The fourth-order valence-corrected chi connectivity index (χ4v) is 5.00. The number of halogens is 1. The summed E-state index contributed by atoms with van der Waals surface area (Å²) in [6.45, 7) is 4.93. The maximum Gasteiger partial charge on any atom is 0.261 e. The Morgan fingerprint density at radius 2 is 1.93 bits per heavy atom. The zero-order chi connectivity index (χ0) is 21.7. The second-order valence-corrected chi connectivity index (χ2v) is 9.35. The molecule has 7 nitrogen and oxygen atoms in total. The van der Waals surface area contributed by atoms with Crippen molar-refractivity contribution in [2.75, 3.05) is 26.3 Å². The van der Waals surface area contributed by atoms with Crippen LogP contribution in [-0.4, -0.2) is 51.0 Å². The Labute approximate surface area is 182 Å². The molecule has 0 aromatic heterocycles. The van der Waals surface area contributed by atoms with E-state index in [1.807, 2.05) is 6.92 Å². The Hall–Kier alpha value is -2.13. The molecule has 0 bridgehead atoms. The molecule has 1 atom stereocenters. The van der Waals surface area contributed by atoms with Crippen molar-refractivity contribution in [1.29, 1.82) is 0 Å². The molecule has 0 spiro atoms. The Morgan fingerprint density at radius 3 is 2.63 bits per heavy atom. The van der Waals surface area contributed by atoms with Crippen molar-refractivity contribution in [3.63, 3.8) is 0 Å². The smallest absolute Gasteiger partial charge is 0.261 e. The first-order valence-corrected chi connectivity index (χ1v) is 11.5. The van der Waals surface area contributed by atoms with Gasteiger partial charge in [-0.15, -0.1) is 0 Å². The highest BCUT2D eigenvalue weighted by molar-refractivity contribution is 7.89. The average molecular weight is 453 g/mol. The maximum atomic E-state index is 13.0. The molecule has 30 heavy (non-hydrogen) atoms. The van der Waals surface area contributed by atoms with Gasteiger partial charge in [0.25, 0.3) is 5.91 Å². The van der Waals surface area contributed by atoms with Crippen LogP contribution in [0.3, 0.4) is 0 Å². The molecule has 1 N–H and O–H groups in total. The summed E-state index contributed by atoms with van der Waals surface area (Å²) in [5.41, 5.74) is 1.34. The number of nitrogens with zero attached hydrogens (tertiary/aromatic N) is 1. The molecule has 1 fully saturated rings. The van der Waals surface area contributed by atoms with Crippen LogP contribution >= 0.6 is 11.6 Å². The van der Waals surface area contributed by atoms with Crippen LogP contribution in [0.2, 0.25) is 5.02 Å². The van der Waals surface area contributed by atoms with E-state index in [4.69, 9.17) is 21.1 Å². The number of hydrogen-bond acceptors (Lipinski definition) is 5. The van der Waals surface area contributed by atoms with Crippen molar-refractivity contribution in [1.82, 2.24) is 9.62 Å². The highest BCUT2D eigenvalue weighted by Gasteiger charge is 2.28. The summed E-state index contributed by atoms with van der Waals surface area (Å²) in [7, 11) is -3.66. The Kier molecular flexibility index (Phi) is 7.36. The second-order valence-electron chi connectivity index (χ2n) is 7.01. The molecule has 2 aromatic rings. The third-order valence-electron chi connectivity index (χ3n) is 4.82. The zero-order valence-electron chi connectivity index (χ0n) is 16.9. The number of rotatable bonds is 7. The van der Waals surface area contributed by atoms with Gasteiger partial charge in [-0.05, 0) is 49.2 Å². The Bertz CT molecular complexity index is 1010. The summed E-state index contributed by atoms with van der Waals surface area (Å²) in [5.74, 6) is 0.222. The SMILES string of the molecule is Cc1cc(Cl)ccc1O[C@@H](C)C(=O)NCc1ccccc1S(=O)(=O)N1CCOCC1. The molecule has 1 heterocycles. The molecular weight excluding hydrogens is 428 g/mol. The lowest BCUT2D eigenvalue weighted by Crippen LogP contribution is -2.41. The van der Waals surface area contributed by atoms with Gasteiger partial charge in [0, 0.05) is 24.7 Å².